The molecule has 2 rings (SSSR count). The molecule has 7 nitrogen and oxygen atoms in total. The van der Waals surface area contributed by atoms with Gasteiger partial charge in [-0.15, -0.1) is 0 Å². The van der Waals surface area contributed by atoms with Gasteiger partial charge in [0.25, 0.3) is 5.91 Å². The van der Waals surface area contributed by atoms with Crippen molar-refractivity contribution in [2.75, 3.05) is 18.4 Å². The Morgan fingerprint density at radius 1 is 1.57 bits per heavy atom. The number of pyridine rings is 1. The van der Waals surface area contributed by atoms with Crippen LogP contribution in [0.3, 0.4) is 0 Å². The maximum absolute atomic E-state index is 14.2. The molecular weight excluding hydrogens is 279 g/mol. The fourth-order valence-electron chi connectivity index (χ4n) is 2.02. The Balaban J connectivity index is 2.33. The van der Waals surface area contributed by atoms with E-state index in [1.54, 1.807) is 6.92 Å². The number of rotatable bonds is 3. The highest BCUT2D eigenvalue weighted by atomic mass is 19.1. The van der Waals surface area contributed by atoms with E-state index in [1.165, 1.54) is 19.2 Å². The van der Waals surface area contributed by atoms with Crippen LogP contribution in [0.4, 0.5) is 10.2 Å². The lowest BCUT2D eigenvalue weighted by Gasteiger charge is -2.31. The molecule has 1 fully saturated rings. The van der Waals surface area contributed by atoms with E-state index in [0.717, 1.165) is 4.90 Å². The molecule has 0 aromatic carbocycles. The number of halogens is 1. The number of piperazine rings is 1. The highest BCUT2D eigenvalue weighted by molar-refractivity contribution is 6.07. The van der Waals surface area contributed by atoms with Gasteiger partial charge in [-0.05, 0) is 19.9 Å². The summed E-state index contributed by atoms with van der Waals surface area (Å²) in [5.41, 5.74) is -0.227. The van der Waals surface area contributed by atoms with Crippen LogP contribution in [0.1, 0.15) is 24.2 Å². The van der Waals surface area contributed by atoms with Crippen molar-refractivity contribution in [2.24, 2.45) is 0 Å². The molecule has 3 amide bonds. The van der Waals surface area contributed by atoms with Crippen LogP contribution >= 0.6 is 0 Å². The van der Waals surface area contributed by atoms with E-state index >= 15 is 0 Å². The smallest absolute Gasteiger partial charge is 0.258 e. The zero-order valence-corrected chi connectivity index (χ0v) is 11.6. The molecule has 1 aliphatic heterocycles. The molecule has 2 N–H and O–H groups in total. The van der Waals surface area contributed by atoms with Crippen LogP contribution in [0.5, 0.6) is 0 Å². The van der Waals surface area contributed by atoms with Crippen molar-refractivity contribution in [3.05, 3.63) is 23.6 Å². The zero-order valence-electron chi connectivity index (χ0n) is 11.6. The lowest BCUT2D eigenvalue weighted by molar-refractivity contribution is -0.138. The quantitative estimate of drug-likeness (QED) is 0.774. The van der Waals surface area contributed by atoms with Crippen LogP contribution in [0.2, 0.25) is 0 Å². The third-order valence-electron chi connectivity index (χ3n) is 3.15. The van der Waals surface area contributed by atoms with Gasteiger partial charge in [-0.25, -0.2) is 9.37 Å². The third-order valence-corrected chi connectivity index (χ3v) is 3.15. The Kier molecular flexibility index (Phi) is 4.15. The average Bonchev–Trinajstić information content (AvgIpc) is 2.44. The van der Waals surface area contributed by atoms with E-state index < -0.39 is 29.6 Å². The third kappa shape index (κ3) is 2.83. The molecule has 1 aromatic rings. The molecule has 112 valence electrons. The number of anilines is 1. The highest BCUT2D eigenvalue weighted by Crippen LogP contribution is 2.18. The Hall–Kier alpha value is -2.51. The normalized spacial score (nSPS) is 18.4. The van der Waals surface area contributed by atoms with E-state index in [0.29, 0.717) is 6.54 Å². The summed E-state index contributed by atoms with van der Waals surface area (Å²) in [6.07, 6.45) is 1.30. The fourth-order valence-corrected chi connectivity index (χ4v) is 2.02. The number of imide groups is 1. The fraction of sp³-hybridized carbons (Fsp3) is 0.385. The molecule has 1 atom stereocenters. The van der Waals surface area contributed by atoms with Crippen molar-refractivity contribution < 1.29 is 18.8 Å². The first-order valence-corrected chi connectivity index (χ1v) is 6.48. The first kappa shape index (κ1) is 14.9. The SMILES string of the molecule is CCNc1nccc(C(=O)N2CC(=O)NC(=O)C2C)c1F. The number of aromatic nitrogens is 1. The molecule has 8 heteroatoms. The molecule has 1 aromatic heterocycles. The van der Waals surface area contributed by atoms with Crippen molar-refractivity contribution in [3.8, 4) is 0 Å². The van der Waals surface area contributed by atoms with Gasteiger partial charge in [-0.3, -0.25) is 19.7 Å². The summed E-state index contributed by atoms with van der Waals surface area (Å²) in [6, 6.07) is 0.382. The monoisotopic (exact) mass is 294 g/mol. The van der Waals surface area contributed by atoms with Crippen molar-refractivity contribution in [1.82, 2.24) is 15.2 Å². The van der Waals surface area contributed by atoms with Gasteiger partial charge in [0.05, 0.1) is 5.56 Å². The van der Waals surface area contributed by atoms with Gasteiger partial charge in [0.2, 0.25) is 11.8 Å². The maximum Gasteiger partial charge on any atom is 0.258 e. The Bertz CT molecular complexity index is 605. The van der Waals surface area contributed by atoms with Crippen LogP contribution < -0.4 is 10.6 Å². The Morgan fingerprint density at radius 2 is 2.29 bits per heavy atom. The van der Waals surface area contributed by atoms with Gasteiger partial charge < -0.3 is 10.2 Å². The number of nitrogens with zero attached hydrogens (tertiary/aromatic N) is 2. The van der Waals surface area contributed by atoms with Gasteiger partial charge in [0, 0.05) is 12.7 Å². The second kappa shape index (κ2) is 5.86. The van der Waals surface area contributed by atoms with Crippen LogP contribution in [-0.4, -0.2) is 46.7 Å². The molecule has 2 heterocycles. The van der Waals surface area contributed by atoms with E-state index in [4.69, 9.17) is 0 Å². The van der Waals surface area contributed by atoms with Gasteiger partial charge in [-0.2, -0.15) is 0 Å². The average molecular weight is 294 g/mol. The maximum atomic E-state index is 14.2. The summed E-state index contributed by atoms with van der Waals surface area (Å²) < 4.78 is 14.2. The number of amides is 3. The van der Waals surface area contributed by atoms with Crippen LogP contribution in [0, 0.1) is 5.82 Å². The zero-order chi connectivity index (χ0) is 15.6. The predicted octanol–water partition coefficient (Wildman–Crippen LogP) is 0.140. The lowest BCUT2D eigenvalue weighted by atomic mass is 10.1. The van der Waals surface area contributed by atoms with Crippen molar-refractivity contribution >= 4 is 23.5 Å². The molecule has 0 aliphatic carbocycles. The van der Waals surface area contributed by atoms with Gasteiger partial charge in [-0.1, -0.05) is 0 Å². The summed E-state index contributed by atoms with van der Waals surface area (Å²) in [6.45, 7) is 3.40. The minimum Gasteiger partial charge on any atom is -0.368 e. The lowest BCUT2D eigenvalue weighted by Crippen LogP contribution is -2.58. The van der Waals surface area contributed by atoms with Gasteiger partial charge in [0.1, 0.15) is 12.6 Å². The summed E-state index contributed by atoms with van der Waals surface area (Å²) in [7, 11) is 0. The van der Waals surface area contributed by atoms with Crippen molar-refractivity contribution in [1.29, 1.82) is 0 Å². The van der Waals surface area contributed by atoms with Crippen LogP contribution in [-0.2, 0) is 9.59 Å². The van der Waals surface area contributed by atoms with Gasteiger partial charge in [0.15, 0.2) is 11.6 Å². The van der Waals surface area contributed by atoms with E-state index in [1.807, 2.05) is 0 Å². The second-order valence-electron chi connectivity index (χ2n) is 4.57. The molecule has 0 spiro atoms. The Labute approximate surface area is 120 Å². The van der Waals surface area contributed by atoms with Crippen LogP contribution in [0.15, 0.2) is 12.3 Å². The molecule has 0 saturated carbocycles. The summed E-state index contributed by atoms with van der Waals surface area (Å²) in [5.74, 6) is -2.72. The van der Waals surface area contributed by atoms with Crippen molar-refractivity contribution in [3.63, 3.8) is 0 Å². The topological polar surface area (TPSA) is 91.4 Å². The molecule has 21 heavy (non-hydrogen) atoms. The molecule has 1 unspecified atom stereocenters. The van der Waals surface area contributed by atoms with Crippen LogP contribution in [0.25, 0.3) is 0 Å². The summed E-state index contributed by atoms with van der Waals surface area (Å²) in [4.78, 5) is 40.2. The molecule has 1 aliphatic rings. The number of hydrogen-bond donors (Lipinski definition) is 2. The summed E-state index contributed by atoms with van der Waals surface area (Å²) in [5, 5.41) is 4.82. The van der Waals surface area contributed by atoms with Gasteiger partial charge >= 0.3 is 0 Å². The van der Waals surface area contributed by atoms with Crippen molar-refractivity contribution in [2.45, 2.75) is 19.9 Å². The minimum atomic E-state index is -0.842. The highest BCUT2D eigenvalue weighted by Gasteiger charge is 2.35. The first-order valence-electron chi connectivity index (χ1n) is 6.48. The van der Waals surface area contributed by atoms with E-state index in [2.05, 4.69) is 15.6 Å². The minimum absolute atomic E-state index is 0.0382. The number of hydrogen-bond acceptors (Lipinski definition) is 5. The number of nitrogens with one attached hydrogen (secondary N) is 2. The first-order chi connectivity index (χ1) is 9.95. The standard InChI is InChI=1S/C13H15FN4O3/c1-3-15-11-10(14)8(4-5-16-11)13(21)18-6-9(19)17-12(20)7(18)2/h4-5,7H,3,6H2,1-2H3,(H,15,16)(H,17,19,20). The molecule has 0 radical (unpaired) electrons. The molecule has 0 bridgehead atoms. The second-order valence-corrected chi connectivity index (χ2v) is 4.57. The molecule has 1 saturated heterocycles. The Morgan fingerprint density at radius 3 is 2.95 bits per heavy atom. The largest absolute Gasteiger partial charge is 0.368 e. The predicted molar refractivity (Wildman–Crippen MR) is 72.0 cm³/mol. The molecular formula is C13H15FN4O3. The summed E-state index contributed by atoms with van der Waals surface area (Å²) >= 11 is 0. The van der Waals surface area contributed by atoms with E-state index in [-0.39, 0.29) is 17.9 Å². The van der Waals surface area contributed by atoms with E-state index in [9.17, 15) is 18.8 Å². The number of carbonyl (C=O) groups is 3. The number of carbonyl (C=O) groups excluding carboxylic acids is 3.